The molecule has 7 heteroatoms. The molecule has 0 N–H and O–H groups in total. The van der Waals surface area contributed by atoms with Gasteiger partial charge in [-0.2, -0.15) is 8.42 Å². The Bertz CT molecular complexity index is 202. The summed E-state index contributed by atoms with van der Waals surface area (Å²) in [4.78, 5) is 0. The molecule has 4 nitrogen and oxygen atoms in total. The molecule has 0 unspecified atom stereocenters. The first kappa shape index (κ1) is 11.6. The molecular weight excluding hydrogens is 208 g/mol. The number of hydrogen-bond donors (Lipinski definition) is 2. The Balaban J connectivity index is 4.15. The summed E-state index contributed by atoms with van der Waals surface area (Å²) in [6.45, 7) is 2.94. The Morgan fingerprint density at radius 3 is 2.18 bits per heavy atom. The van der Waals surface area contributed by atoms with Gasteiger partial charge < -0.3 is 0 Å². The van der Waals surface area contributed by atoms with Crippen molar-refractivity contribution in [2.24, 2.45) is 0 Å². The van der Waals surface area contributed by atoms with Gasteiger partial charge in [0.15, 0.2) is 4.27 Å². The van der Waals surface area contributed by atoms with Crippen LogP contribution >= 0.6 is 25.3 Å². The monoisotopic (exact) mass is 218 g/mol. The highest BCUT2D eigenvalue weighted by molar-refractivity contribution is 8.01. The summed E-state index contributed by atoms with van der Waals surface area (Å²) in [6, 6.07) is 0. The SMILES string of the molecule is CCOS(=O)(=O)OC(C)(S)S. The van der Waals surface area contributed by atoms with Crippen LogP contribution < -0.4 is 0 Å². The quantitative estimate of drug-likeness (QED) is 0.542. The first-order chi connectivity index (χ1) is 4.77. The molecule has 0 saturated carbocycles. The summed E-state index contributed by atoms with van der Waals surface area (Å²) in [5, 5.41) is 0. The highest BCUT2D eigenvalue weighted by Gasteiger charge is 2.23. The van der Waals surface area contributed by atoms with E-state index in [4.69, 9.17) is 0 Å². The fourth-order valence-corrected chi connectivity index (χ4v) is 1.63. The average molecular weight is 218 g/mol. The van der Waals surface area contributed by atoms with E-state index in [-0.39, 0.29) is 6.61 Å². The van der Waals surface area contributed by atoms with Crippen molar-refractivity contribution in [3.8, 4) is 0 Å². The van der Waals surface area contributed by atoms with Gasteiger partial charge >= 0.3 is 10.4 Å². The van der Waals surface area contributed by atoms with Crippen molar-refractivity contribution in [1.29, 1.82) is 0 Å². The minimum absolute atomic E-state index is 0.0277. The van der Waals surface area contributed by atoms with Crippen molar-refractivity contribution < 1.29 is 16.8 Å². The average Bonchev–Trinajstić information content (AvgIpc) is 1.55. The molecule has 0 amide bonds. The maximum absolute atomic E-state index is 10.7. The van der Waals surface area contributed by atoms with E-state index < -0.39 is 14.7 Å². The third-order valence-electron chi connectivity index (χ3n) is 0.522. The molecule has 0 rings (SSSR count). The van der Waals surface area contributed by atoms with Crippen LogP contribution in [0.1, 0.15) is 13.8 Å². The number of rotatable bonds is 4. The van der Waals surface area contributed by atoms with Crippen LogP contribution in [0.4, 0.5) is 0 Å². The Morgan fingerprint density at radius 2 is 1.91 bits per heavy atom. The number of hydrogen-bond acceptors (Lipinski definition) is 6. The zero-order valence-electron chi connectivity index (χ0n) is 6.14. The smallest absolute Gasteiger partial charge is 0.248 e. The first-order valence-electron chi connectivity index (χ1n) is 2.81. The van der Waals surface area contributed by atoms with Crippen molar-refractivity contribution in [1.82, 2.24) is 0 Å². The van der Waals surface area contributed by atoms with E-state index in [0.29, 0.717) is 0 Å². The molecule has 0 saturated heterocycles. The van der Waals surface area contributed by atoms with Gasteiger partial charge in [0.25, 0.3) is 0 Å². The molecule has 0 atom stereocenters. The second-order valence-corrected chi connectivity index (χ2v) is 5.11. The molecule has 0 aliphatic rings. The van der Waals surface area contributed by atoms with Crippen LogP contribution in [0.25, 0.3) is 0 Å². The zero-order chi connectivity index (χ0) is 9.12. The van der Waals surface area contributed by atoms with Crippen molar-refractivity contribution in [3.05, 3.63) is 0 Å². The molecule has 0 fully saturated rings. The van der Waals surface area contributed by atoms with Crippen LogP contribution in [0.5, 0.6) is 0 Å². The molecule has 11 heavy (non-hydrogen) atoms. The van der Waals surface area contributed by atoms with Crippen molar-refractivity contribution in [3.63, 3.8) is 0 Å². The molecule has 0 heterocycles. The molecule has 0 aromatic heterocycles. The first-order valence-corrected chi connectivity index (χ1v) is 5.04. The predicted octanol–water partition coefficient (Wildman–Crippen LogP) is 0.818. The Hall–Kier alpha value is 0.570. The molecule has 68 valence electrons. The summed E-state index contributed by atoms with van der Waals surface area (Å²) >= 11 is 7.45. The maximum Gasteiger partial charge on any atom is 0.402 e. The minimum atomic E-state index is -3.94. The molecule has 0 spiro atoms. The highest BCUT2D eigenvalue weighted by atomic mass is 32.3. The summed E-state index contributed by atoms with van der Waals surface area (Å²) in [7, 11) is -3.94. The summed E-state index contributed by atoms with van der Waals surface area (Å²) in [5.41, 5.74) is 0. The summed E-state index contributed by atoms with van der Waals surface area (Å²) in [5.74, 6) is 0. The Labute approximate surface area is 77.4 Å². The van der Waals surface area contributed by atoms with E-state index in [2.05, 4.69) is 33.6 Å². The molecule has 0 aliphatic heterocycles. The van der Waals surface area contributed by atoms with Gasteiger partial charge in [-0.05, 0) is 13.8 Å². The van der Waals surface area contributed by atoms with Crippen LogP contribution in [0.2, 0.25) is 0 Å². The van der Waals surface area contributed by atoms with Crippen LogP contribution in [0.15, 0.2) is 0 Å². The topological polar surface area (TPSA) is 52.6 Å². The van der Waals surface area contributed by atoms with Crippen molar-refractivity contribution in [2.45, 2.75) is 18.1 Å². The molecule has 0 aromatic carbocycles. The second kappa shape index (κ2) is 3.99. The van der Waals surface area contributed by atoms with Gasteiger partial charge in [0.1, 0.15) is 0 Å². The Morgan fingerprint density at radius 1 is 1.45 bits per heavy atom. The van der Waals surface area contributed by atoms with E-state index in [1.807, 2.05) is 0 Å². The van der Waals surface area contributed by atoms with Crippen LogP contribution in [0.3, 0.4) is 0 Å². The number of thiol groups is 2. The van der Waals surface area contributed by atoms with Gasteiger partial charge in [-0.15, -0.1) is 25.3 Å². The third-order valence-corrected chi connectivity index (χ3v) is 2.01. The van der Waals surface area contributed by atoms with Gasteiger partial charge in [-0.1, -0.05) is 0 Å². The van der Waals surface area contributed by atoms with Gasteiger partial charge in [0.05, 0.1) is 6.61 Å². The summed E-state index contributed by atoms with van der Waals surface area (Å²) in [6.07, 6.45) is 0. The van der Waals surface area contributed by atoms with Crippen LogP contribution in [0, 0.1) is 0 Å². The minimum Gasteiger partial charge on any atom is -0.248 e. The van der Waals surface area contributed by atoms with E-state index in [9.17, 15) is 8.42 Å². The van der Waals surface area contributed by atoms with Crippen molar-refractivity contribution >= 4 is 35.7 Å². The molecular formula is C4H10O4S3. The Kier molecular flexibility index (Phi) is 4.20. The highest BCUT2D eigenvalue weighted by Crippen LogP contribution is 2.22. The van der Waals surface area contributed by atoms with E-state index in [1.54, 1.807) is 0 Å². The standard InChI is InChI=1S/C4H10O4S3/c1-3-7-11(5,6)8-4(2,9)10/h9-10H,3H2,1-2H3. The van der Waals surface area contributed by atoms with Gasteiger partial charge in [0.2, 0.25) is 0 Å². The zero-order valence-corrected chi connectivity index (χ0v) is 8.75. The largest absolute Gasteiger partial charge is 0.402 e. The maximum atomic E-state index is 10.7. The second-order valence-electron chi connectivity index (χ2n) is 1.83. The molecule has 0 bridgehead atoms. The van der Waals surface area contributed by atoms with Crippen LogP contribution in [-0.4, -0.2) is 19.3 Å². The molecule has 0 aliphatic carbocycles. The van der Waals surface area contributed by atoms with Gasteiger partial charge in [-0.3, -0.25) is 0 Å². The molecule has 0 radical (unpaired) electrons. The van der Waals surface area contributed by atoms with E-state index >= 15 is 0 Å². The van der Waals surface area contributed by atoms with E-state index in [1.165, 1.54) is 13.8 Å². The molecule has 0 aromatic rings. The van der Waals surface area contributed by atoms with Gasteiger partial charge in [0, 0.05) is 0 Å². The summed E-state index contributed by atoms with van der Waals surface area (Å²) < 4.78 is 28.7. The van der Waals surface area contributed by atoms with Crippen LogP contribution in [-0.2, 0) is 18.8 Å². The van der Waals surface area contributed by atoms with Gasteiger partial charge in [-0.25, -0.2) is 8.37 Å². The lowest BCUT2D eigenvalue weighted by molar-refractivity contribution is 0.204. The fraction of sp³-hybridized carbons (Fsp3) is 1.00. The predicted molar refractivity (Wildman–Crippen MR) is 48.0 cm³/mol. The van der Waals surface area contributed by atoms with Crippen molar-refractivity contribution in [2.75, 3.05) is 6.61 Å². The lowest BCUT2D eigenvalue weighted by Crippen LogP contribution is -2.20. The third kappa shape index (κ3) is 6.95. The lowest BCUT2D eigenvalue weighted by atomic mass is 10.9. The fourth-order valence-electron chi connectivity index (χ4n) is 0.362. The normalized spacial score (nSPS) is 13.5. The lowest BCUT2D eigenvalue weighted by Gasteiger charge is -2.15. The van der Waals surface area contributed by atoms with E-state index in [0.717, 1.165) is 0 Å².